The Bertz CT molecular complexity index is 1310. The van der Waals surface area contributed by atoms with Crippen LogP contribution >= 0.6 is 0 Å². The van der Waals surface area contributed by atoms with Crippen LogP contribution in [0.1, 0.15) is 101 Å². The SMILES string of the molecule is Cc1cccc(C)c1C1Cc2c1c1c(c3c2C(c2c(C)cccc2C)C3)C(c2c(C)cccc2C)C1. The second-order valence-corrected chi connectivity index (χ2v) is 11.9. The van der Waals surface area contributed by atoms with Gasteiger partial charge in [0.25, 0.3) is 0 Å². The molecule has 0 nitrogen and oxygen atoms in total. The van der Waals surface area contributed by atoms with E-state index in [4.69, 9.17) is 0 Å². The number of aryl methyl sites for hydroxylation is 6. The molecule has 0 heterocycles. The van der Waals surface area contributed by atoms with E-state index in [1.54, 1.807) is 50.1 Å². The highest BCUT2D eigenvalue weighted by atomic mass is 14.5. The summed E-state index contributed by atoms with van der Waals surface area (Å²) >= 11 is 0. The summed E-state index contributed by atoms with van der Waals surface area (Å²) < 4.78 is 0. The Balaban J connectivity index is 1.44. The van der Waals surface area contributed by atoms with Crippen molar-refractivity contribution in [2.45, 2.75) is 78.6 Å². The first kappa shape index (κ1) is 22.1. The highest BCUT2D eigenvalue weighted by molar-refractivity contribution is 5.73. The predicted octanol–water partition coefficient (Wildman–Crippen LogP) is 8.60. The van der Waals surface area contributed by atoms with Gasteiger partial charge in [-0.3, -0.25) is 0 Å². The van der Waals surface area contributed by atoms with Crippen molar-refractivity contribution in [1.29, 1.82) is 0 Å². The number of hydrogen-bond acceptors (Lipinski definition) is 0. The molecule has 7 rings (SSSR count). The third-order valence-electron chi connectivity index (χ3n) is 9.89. The van der Waals surface area contributed by atoms with Gasteiger partial charge in [-0.05, 0) is 144 Å². The molecule has 3 aliphatic rings. The summed E-state index contributed by atoms with van der Waals surface area (Å²) in [5.41, 5.74) is 23.7. The lowest BCUT2D eigenvalue weighted by Crippen LogP contribution is -2.38. The van der Waals surface area contributed by atoms with E-state index < -0.39 is 0 Å². The second-order valence-electron chi connectivity index (χ2n) is 11.9. The summed E-state index contributed by atoms with van der Waals surface area (Å²) in [4.78, 5) is 0. The Morgan fingerprint density at radius 3 is 0.806 bits per heavy atom. The van der Waals surface area contributed by atoms with E-state index in [-0.39, 0.29) is 0 Å². The zero-order valence-corrected chi connectivity index (χ0v) is 22.5. The zero-order chi connectivity index (χ0) is 24.9. The Labute approximate surface area is 216 Å². The lowest BCUT2D eigenvalue weighted by molar-refractivity contribution is 0.555. The summed E-state index contributed by atoms with van der Waals surface area (Å²) in [6.07, 6.45) is 3.64. The molecular formula is C36H36. The molecule has 0 spiro atoms. The fraction of sp³-hybridized carbons (Fsp3) is 0.333. The number of hydrogen-bond donors (Lipinski definition) is 0. The first-order valence-electron chi connectivity index (χ1n) is 13.7. The molecule has 180 valence electrons. The van der Waals surface area contributed by atoms with Gasteiger partial charge < -0.3 is 0 Å². The van der Waals surface area contributed by atoms with Crippen LogP contribution in [0.2, 0.25) is 0 Å². The molecule has 3 atom stereocenters. The molecule has 36 heavy (non-hydrogen) atoms. The zero-order valence-electron chi connectivity index (χ0n) is 22.5. The molecule has 0 N–H and O–H groups in total. The maximum Gasteiger partial charge on any atom is 0.0141 e. The van der Waals surface area contributed by atoms with Crippen LogP contribution in [0.25, 0.3) is 0 Å². The van der Waals surface area contributed by atoms with Crippen LogP contribution in [-0.2, 0) is 19.3 Å². The molecule has 3 unspecified atom stereocenters. The van der Waals surface area contributed by atoms with Gasteiger partial charge in [0.15, 0.2) is 0 Å². The van der Waals surface area contributed by atoms with Crippen molar-refractivity contribution in [3.63, 3.8) is 0 Å². The second kappa shape index (κ2) is 7.69. The van der Waals surface area contributed by atoms with Gasteiger partial charge in [0, 0.05) is 17.8 Å². The third-order valence-corrected chi connectivity index (χ3v) is 9.89. The molecule has 4 aromatic rings. The van der Waals surface area contributed by atoms with Crippen molar-refractivity contribution in [1.82, 2.24) is 0 Å². The first-order valence-corrected chi connectivity index (χ1v) is 13.7. The minimum Gasteiger partial charge on any atom is -0.0617 e. The molecule has 0 fully saturated rings. The largest absolute Gasteiger partial charge is 0.0617 e. The van der Waals surface area contributed by atoms with E-state index in [2.05, 4.69) is 96.1 Å². The van der Waals surface area contributed by atoms with E-state index in [9.17, 15) is 0 Å². The maximum absolute atomic E-state index is 2.31. The molecule has 0 aliphatic heterocycles. The summed E-state index contributed by atoms with van der Waals surface area (Å²) in [7, 11) is 0. The van der Waals surface area contributed by atoms with Crippen molar-refractivity contribution < 1.29 is 0 Å². The van der Waals surface area contributed by atoms with Crippen molar-refractivity contribution in [3.8, 4) is 0 Å². The average Bonchev–Trinajstić information content (AvgIpc) is 2.79. The van der Waals surface area contributed by atoms with Crippen LogP contribution in [0, 0.1) is 41.5 Å². The van der Waals surface area contributed by atoms with Gasteiger partial charge in [-0.15, -0.1) is 0 Å². The van der Waals surface area contributed by atoms with Gasteiger partial charge in [-0.1, -0.05) is 54.6 Å². The quantitative estimate of drug-likeness (QED) is 0.282. The fourth-order valence-corrected chi connectivity index (χ4v) is 8.30. The predicted molar refractivity (Wildman–Crippen MR) is 151 cm³/mol. The third kappa shape index (κ3) is 2.82. The van der Waals surface area contributed by atoms with Crippen LogP contribution in [0.15, 0.2) is 54.6 Å². The van der Waals surface area contributed by atoms with Crippen molar-refractivity contribution in [2.24, 2.45) is 0 Å². The van der Waals surface area contributed by atoms with E-state index in [1.807, 2.05) is 0 Å². The van der Waals surface area contributed by atoms with E-state index in [1.165, 1.54) is 52.6 Å². The summed E-state index contributed by atoms with van der Waals surface area (Å²) in [5, 5.41) is 0. The lowest BCUT2D eigenvalue weighted by atomic mass is 9.52. The first-order chi connectivity index (χ1) is 17.4. The van der Waals surface area contributed by atoms with Crippen molar-refractivity contribution in [3.05, 3.63) is 138 Å². The van der Waals surface area contributed by atoms with Gasteiger partial charge in [-0.25, -0.2) is 0 Å². The molecule has 0 bridgehead atoms. The fourth-order valence-electron chi connectivity index (χ4n) is 8.30. The van der Waals surface area contributed by atoms with Crippen LogP contribution in [0.5, 0.6) is 0 Å². The van der Waals surface area contributed by atoms with Crippen molar-refractivity contribution >= 4 is 0 Å². The minimum atomic E-state index is 0.568. The Morgan fingerprint density at radius 2 is 0.583 bits per heavy atom. The molecule has 0 saturated heterocycles. The molecular weight excluding hydrogens is 432 g/mol. The monoisotopic (exact) mass is 468 g/mol. The summed E-state index contributed by atoms with van der Waals surface area (Å²) in [5.74, 6) is 1.70. The molecule has 0 aromatic heterocycles. The highest BCUT2D eigenvalue weighted by Gasteiger charge is 2.48. The van der Waals surface area contributed by atoms with Gasteiger partial charge in [0.05, 0.1) is 0 Å². The standard InChI is InChI=1S/C36H36/c1-19-10-7-11-20(2)31(19)25-16-28-34(25)29-17-26(32-21(3)12-8-13-22(32)4)36(29)30-18-27(35(28)30)33-23(5)14-9-15-24(33)6/h7-15,25-27H,16-18H2,1-6H3. The normalized spacial score (nSPS) is 21.0. The van der Waals surface area contributed by atoms with Crippen LogP contribution < -0.4 is 0 Å². The summed E-state index contributed by atoms with van der Waals surface area (Å²) in [6.45, 7) is 13.9. The van der Waals surface area contributed by atoms with Crippen LogP contribution in [0.4, 0.5) is 0 Å². The minimum absolute atomic E-state index is 0.568. The van der Waals surface area contributed by atoms with Gasteiger partial charge >= 0.3 is 0 Å². The molecule has 0 radical (unpaired) electrons. The smallest absolute Gasteiger partial charge is 0.0141 e. The molecule has 0 amide bonds. The Morgan fingerprint density at radius 1 is 0.361 bits per heavy atom. The highest BCUT2D eigenvalue weighted by Crippen LogP contribution is 2.61. The molecule has 0 heteroatoms. The Kier molecular flexibility index (Phi) is 4.72. The van der Waals surface area contributed by atoms with E-state index >= 15 is 0 Å². The van der Waals surface area contributed by atoms with Gasteiger partial charge in [0.1, 0.15) is 0 Å². The maximum atomic E-state index is 2.31. The van der Waals surface area contributed by atoms with Gasteiger partial charge in [0.2, 0.25) is 0 Å². The molecule has 0 saturated carbocycles. The van der Waals surface area contributed by atoms with Crippen LogP contribution in [0.3, 0.4) is 0 Å². The van der Waals surface area contributed by atoms with E-state index in [0.29, 0.717) is 17.8 Å². The molecule has 3 aliphatic carbocycles. The number of benzene rings is 4. The average molecular weight is 469 g/mol. The Hall–Kier alpha value is -3.12. The summed E-state index contributed by atoms with van der Waals surface area (Å²) in [6, 6.07) is 20.5. The van der Waals surface area contributed by atoms with Crippen molar-refractivity contribution in [2.75, 3.05) is 0 Å². The number of fused-ring (bicyclic) bond motifs is 6. The van der Waals surface area contributed by atoms with Crippen LogP contribution in [-0.4, -0.2) is 0 Å². The van der Waals surface area contributed by atoms with Gasteiger partial charge in [-0.2, -0.15) is 0 Å². The topological polar surface area (TPSA) is 0 Å². The molecule has 4 aromatic carbocycles. The van der Waals surface area contributed by atoms with E-state index in [0.717, 1.165) is 0 Å². The lowest BCUT2D eigenvalue weighted by Gasteiger charge is -2.51. The number of rotatable bonds is 3.